The highest BCUT2D eigenvalue weighted by atomic mass is 35.5. The molecule has 1 aromatic carbocycles. The third-order valence-electron chi connectivity index (χ3n) is 1.76. The van der Waals surface area contributed by atoms with Gasteiger partial charge in [-0.05, 0) is 24.5 Å². The standard InChI is InChI=1S/C11H13ClO/c12-11-8-4-3-7-10(11)6-2-1-5-9-13/h1-4,7-8,13H,5-6,9H2. The van der Waals surface area contributed by atoms with Gasteiger partial charge >= 0.3 is 0 Å². The molecular weight excluding hydrogens is 184 g/mol. The first-order valence-electron chi connectivity index (χ1n) is 4.34. The molecular formula is C11H13ClO. The van der Waals surface area contributed by atoms with Gasteiger partial charge in [0.1, 0.15) is 0 Å². The van der Waals surface area contributed by atoms with Crippen molar-refractivity contribution in [3.63, 3.8) is 0 Å². The summed E-state index contributed by atoms with van der Waals surface area (Å²) in [7, 11) is 0. The number of hydrogen-bond acceptors (Lipinski definition) is 1. The molecule has 0 heterocycles. The number of rotatable bonds is 4. The quantitative estimate of drug-likeness (QED) is 0.735. The van der Waals surface area contributed by atoms with Gasteiger partial charge in [0.15, 0.2) is 0 Å². The lowest BCUT2D eigenvalue weighted by molar-refractivity contribution is 0.302. The highest BCUT2D eigenvalue weighted by molar-refractivity contribution is 6.31. The zero-order valence-corrected chi connectivity index (χ0v) is 8.17. The smallest absolute Gasteiger partial charge is 0.0465 e. The maximum Gasteiger partial charge on any atom is 0.0465 e. The fraction of sp³-hybridized carbons (Fsp3) is 0.273. The minimum Gasteiger partial charge on any atom is -0.396 e. The van der Waals surface area contributed by atoms with E-state index in [2.05, 4.69) is 0 Å². The maximum atomic E-state index is 8.54. The van der Waals surface area contributed by atoms with E-state index in [9.17, 15) is 0 Å². The van der Waals surface area contributed by atoms with Gasteiger partial charge in [0.05, 0.1) is 0 Å². The van der Waals surface area contributed by atoms with Crippen molar-refractivity contribution in [1.29, 1.82) is 0 Å². The molecule has 0 saturated carbocycles. The normalized spacial score (nSPS) is 10.9. The van der Waals surface area contributed by atoms with Crippen LogP contribution in [-0.2, 0) is 6.42 Å². The molecule has 2 heteroatoms. The maximum absolute atomic E-state index is 8.54. The molecule has 1 nitrogen and oxygen atoms in total. The molecule has 0 radical (unpaired) electrons. The summed E-state index contributed by atoms with van der Waals surface area (Å²) in [6.07, 6.45) is 5.53. The van der Waals surface area contributed by atoms with E-state index >= 15 is 0 Å². The Morgan fingerprint density at radius 1 is 1.23 bits per heavy atom. The van der Waals surface area contributed by atoms with Gasteiger partial charge in [-0.25, -0.2) is 0 Å². The SMILES string of the molecule is OCCC=CCc1ccccc1Cl. The van der Waals surface area contributed by atoms with E-state index in [0.29, 0.717) is 6.42 Å². The molecule has 1 N–H and O–H groups in total. The molecule has 0 saturated heterocycles. The Morgan fingerprint density at radius 3 is 2.69 bits per heavy atom. The Bertz CT molecular complexity index is 281. The zero-order valence-electron chi connectivity index (χ0n) is 7.41. The predicted octanol–water partition coefficient (Wildman–Crippen LogP) is 2.82. The van der Waals surface area contributed by atoms with Crippen molar-refractivity contribution in [2.45, 2.75) is 12.8 Å². The molecule has 13 heavy (non-hydrogen) atoms. The van der Waals surface area contributed by atoms with Crippen LogP contribution in [0.25, 0.3) is 0 Å². The van der Waals surface area contributed by atoms with E-state index in [1.807, 2.05) is 36.4 Å². The molecule has 70 valence electrons. The van der Waals surface area contributed by atoms with Gasteiger partial charge in [0, 0.05) is 11.6 Å². The van der Waals surface area contributed by atoms with Crippen LogP contribution in [0.2, 0.25) is 5.02 Å². The second kappa shape index (κ2) is 5.79. The highest BCUT2D eigenvalue weighted by Gasteiger charge is 1.94. The molecule has 0 aliphatic heterocycles. The van der Waals surface area contributed by atoms with Gasteiger partial charge in [-0.1, -0.05) is 42.0 Å². The summed E-state index contributed by atoms with van der Waals surface area (Å²) in [5.74, 6) is 0. The van der Waals surface area contributed by atoms with E-state index in [1.165, 1.54) is 0 Å². The minimum absolute atomic E-state index is 0.207. The number of halogens is 1. The Kier molecular flexibility index (Phi) is 4.58. The fourth-order valence-electron chi connectivity index (χ4n) is 1.07. The summed E-state index contributed by atoms with van der Waals surface area (Å²) in [5.41, 5.74) is 1.12. The van der Waals surface area contributed by atoms with Crippen LogP contribution in [0.5, 0.6) is 0 Å². The van der Waals surface area contributed by atoms with E-state index in [-0.39, 0.29) is 6.61 Å². The Morgan fingerprint density at radius 2 is 2.00 bits per heavy atom. The second-order valence-electron chi connectivity index (χ2n) is 2.78. The summed E-state index contributed by atoms with van der Waals surface area (Å²) >= 11 is 5.95. The molecule has 0 fully saturated rings. The van der Waals surface area contributed by atoms with Crippen LogP contribution < -0.4 is 0 Å². The topological polar surface area (TPSA) is 20.2 Å². The fourth-order valence-corrected chi connectivity index (χ4v) is 1.28. The number of aliphatic hydroxyl groups is 1. The monoisotopic (exact) mass is 196 g/mol. The van der Waals surface area contributed by atoms with Crippen LogP contribution in [0.15, 0.2) is 36.4 Å². The molecule has 0 atom stereocenters. The molecule has 1 aromatic rings. The van der Waals surface area contributed by atoms with E-state index in [4.69, 9.17) is 16.7 Å². The molecule has 1 rings (SSSR count). The van der Waals surface area contributed by atoms with Crippen molar-refractivity contribution >= 4 is 11.6 Å². The third-order valence-corrected chi connectivity index (χ3v) is 2.13. The molecule has 0 bridgehead atoms. The lowest BCUT2D eigenvalue weighted by Gasteiger charge is -1.98. The van der Waals surface area contributed by atoms with Gasteiger partial charge in [-0.2, -0.15) is 0 Å². The molecule has 0 amide bonds. The average Bonchev–Trinajstić information content (AvgIpc) is 2.15. The van der Waals surface area contributed by atoms with Crippen molar-refractivity contribution in [2.75, 3.05) is 6.61 Å². The Hall–Kier alpha value is -0.790. The van der Waals surface area contributed by atoms with Gasteiger partial charge in [0.2, 0.25) is 0 Å². The number of aliphatic hydroxyl groups excluding tert-OH is 1. The molecule has 0 aromatic heterocycles. The summed E-state index contributed by atoms with van der Waals surface area (Å²) in [4.78, 5) is 0. The summed E-state index contributed by atoms with van der Waals surface area (Å²) < 4.78 is 0. The van der Waals surface area contributed by atoms with Crippen LogP contribution in [-0.4, -0.2) is 11.7 Å². The predicted molar refractivity (Wildman–Crippen MR) is 56.0 cm³/mol. The van der Waals surface area contributed by atoms with Crippen LogP contribution in [0.1, 0.15) is 12.0 Å². The van der Waals surface area contributed by atoms with E-state index in [1.54, 1.807) is 0 Å². The van der Waals surface area contributed by atoms with Crippen LogP contribution in [0.3, 0.4) is 0 Å². The molecule has 0 spiro atoms. The lowest BCUT2D eigenvalue weighted by Crippen LogP contribution is -1.82. The number of hydrogen-bond donors (Lipinski definition) is 1. The summed E-state index contributed by atoms with van der Waals surface area (Å²) in [5, 5.41) is 9.34. The number of benzene rings is 1. The van der Waals surface area contributed by atoms with Gasteiger partial charge in [-0.15, -0.1) is 0 Å². The van der Waals surface area contributed by atoms with E-state index in [0.717, 1.165) is 17.0 Å². The molecule has 0 unspecified atom stereocenters. The second-order valence-corrected chi connectivity index (χ2v) is 3.19. The highest BCUT2D eigenvalue weighted by Crippen LogP contribution is 2.15. The largest absolute Gasteiger partial charge is 0.396 e. The third kappa shape index (κ3) is 3.62. The van der Waals surface area contributed by atoms with Crippen LogP contribution in [0, 0.1) is 0 Å². The first kappa shape index (κ1) is 10.3. The summed E-state index contributed by atoms with van der Waals surface area (Å²) in [6, 6.07) is 7.78. The first-order chi connectivity index (χ1) is 6.34. The van der Waals surface area contributed by atoms with E-state index < -0.39 is 0 Å². The van der Waals surface area contributed by atoms with Crippen molar-refractivity contribution in [3.05, 3.63) is 47.0 Å². The van der Waals surface area contributed by atoms with Crippen molar-refractivity contribution in [2.24, 2.45) is 0 Å². The molecule has 0 aliphatic carbocycles. The van der Waals surface area contributed by atoms with Crippen molar-refractivity contribution in [1.82, 2.24) is 0 Å². The molecule has 0 aliphatic rings. The first-order valence-corrected chi connectivity index (χ1v) is 4.71. The van der Waals surface area contributed by atoms with Crippen molar-refractivity contribution in [3.8, 4) is 0 Å². The lowest BCUT2D eigenvalue weighted by atomic mass is 10.1. The average molecular weight is 197 g/mol. The summed E-state index contributed by atoms with van der Waals surface area (Å²) in [6.45, 7) is 0.207. The van der Waals surface area contributed by atoms with Crippen LogP contribution >= 0.6 is 11.6 Å². The zero-order chi connectivity index (χ0) is 9.52. The van der Waals surface area contributed by atoms with Gasteiger partial charge in [0.25, 0.3) is 0 Å². The van der Waals surface area contributed by atoms with Gasteiger partial charge < -0.3 is 5.11 Å². The Balaban J connectivity index is 2.49. The number of allylic oxidation sites excluding steroid dienone is 1. The Labute approximate surface area is 83.7 Å². The van der Waals surface area contributed by atoms with Crippen LogP contribution in [0.4, 0.5) is 0 Å². The minimum atomic E-state index is 0.207. The van der Waals surface area contributed by atoms with Gasteiger partial charge in [-0.3, -0.25) is 0 Å². The van der Waals surface area contributed by atoms with Crippen molar-refractivity contribution < 1.29 is 5.11 Å².